The maximum Gasteiger partial charge on any atom is 0.335 e. The van der Waals surface area contributed by atoms with Crippen LogP contribution in [0.25, 0.3) is 0 Å². The third kappa shape index (κ3) is 5.07. The summed E-state index contributed by atoms with van der Waals surface area (Å²) in [6, 6.07) is 25.0. The number of hydrogen-bond donors (Lipinski definition) is 2. The Labute approximate surface area is 143 Å². The summed E-state index contributed by atoms with van der Waals surface area (Å²) in [4.78, 5) is 12.0. The van der Waals surface area contributed by atoms with Gasteiger partial charge in [0, 0.05) is 15.5 Å². The van der Waals surface area contributed by atoms with E-state index in [-0.39, 0.29) is 5.56 Å². The highest BCUT2D eigenvalue weighted by atomic mass is 32.2. The minimum atomic E-state index is -1.05. The van der Waals surface area contributed by atoms with Gasteiger partial charge in [-0.15, -0.1) is 0 Å². The molecule has 3 aromatic rings. The molecule has 0 aliphatic rings. The first-order valence-electron chi connectivity index (χ1n) is 7.18. The second-order valence-electron chi connectivity index (χ2n) is 4.82. The minimum Gasteiger partial charge on any atom is -0.478 e. The average molecular weight is 339 g/mol. The van der Waals surface area contributed by atoms with Gasteiger partial charge in [-0.1, -0.05) is 36.4 Å². The molecule has 0 atom stereocenters. The highest BCUT2D eigenvalue weighted by molar-refractivity contribution is 7.85. The number of nitrogen functional groups attached to an aromatic ring is 1. The van der Waals surface area contributed by atoms with E-state index in [2.05, 4.69) is 0 Å². The number of benzene rings is 3. The van der Waals surface area contributed by atoms with Gasteiger partial charge in [0.1, 0.15) is 0 Å². The smallest absolute Gasteiger partial charge is 0.335 e. The molecule has 24 heavy (non-hydrogen) atoms. The van der Waals surface area contributed by atoms with Gasteiger partial charge in [0.2, 0.25) is 0 Å². The Hall–Kier alpha value is -2.92. The summed E-state index contributed by atoms with van der Waals surface area (Å²) in [5.41, 5.74) is 6.17. The van der Waals surface area contributed by atoms with Crippen molar-refractivity contribution in [3.8, 4) is 0 Å². The summed E-state index contributed by atoms with van der Waals surface area (Å²) in [6.07, 6.45) is 0. The molecule has 122 valence electrons. The van der Waals surface area contributed by atoms with Gasteiger partial charge in [-0.2, -0.15) is 0 Å². The number of rotatable bonds is 3. The number of hydrogen-bond acceptors (Lipinski definition) is 3. The summed E-state index contributed by atoms with van der Waals surface area (Å²) >= 11 is 0. The fraction of sp³-hybridized carbons (Fsp3) is 0. The molecule has 5 heteroatoms. The predicted octanol–water partition coefficient (Wildman–Crippen LogP) is 3.82. The van der Waals surface area contributed by atoms with Gasteiger partial charge in [-0.25, -0.2) is 9.00 Å². The molecule has 0 radical (unpaired) electrons. The standard InChI is InChI=1S/C12H10OS.C7H7NO2/c13-14(11-7-3-1-4-8-11)12-9-5-2-6-10-12;8-6-3-1-5(2-4-6)7(9)10/h1-10H;1-4H,8H2,(H,9,10). The molecule has 0 heterocycles. The maximum absolute atomic E-state index is 12.0. The van der Waals surface area contributed by atoms with E-state index < -0.39 is 16.8 Å². The molecule has 0 aliphatic heterocycles. The fourth-order valence-corrected chi connectivity index (χ4v) is 2.93. The van der Waals surface area contributed by atoms with E-state index in [1.807, 2.05) is 60.7 Å². The molecule has 0 spiro atoms. The quantitative estimate of drug-likeness (QED) is 0.711. The highest BCUT2D eigenvalue weighted by Gasteiger charge is 2.04. The molecule has 0 aliphatic carbocycles. The fourth-order valence-electron chi connectivity index (χ4n) is 1.85. The second kappa shape index (κ2) is 8.64. The van der Waals surface area contributed by atoms with Gasteiger partial charge >= 0.3 is 5.97 Å². The highest BCUT2D eigenvalue weighted by Crippen LogP contribution is 2.14. The van der Waals surface area contributed by atoms with Crippen LogP contribution in [0, 0.1) is 0 Å². The molecule has 0 fully saturated rings. The normalized spacial score (nSPS) is 9.88. The van der Waals surface area contributed by atoms with Crippen molar-refractivity contribution in [1.29, 1.82) is 0 Å². The van der Waals surface area contributed by atoms with Crippen LogP contribution in [0.4, 0.5) is 5.69 Å². The molecule has 3 N–H and O–H groups in total. The zero-order valence-electron chi connectivity index (χ0n) is 12.8. The van der Waals surface area contributed by atoms with E-state index in [1.54, 1.807) is 12.1 Å². The lowest BCUT2D eigenvalue weighted by atomic mass is 10.2. The topological polar surface area (TPSA) is 80.4 Å². The molecule has 0 aromatic heterocycles. The molecule has 0 unspecified atom stereocenters. The van der Waals surface area contributed by atoms with Crippen molar-refractivity contribution < 1.29 is 14.1 Å². The van der Waals surface area contributed by atoms with Crippen molar-refractivity contribution in [1.82, 2.24) is 0 Å². The van der Waals surface area contributed by atoms with Gasteiger partial charge in [0.15, 0.2) is 0 Å². The van der Waals surface area contributed by atoms with E-state index in [0.717, 1.165) is 9.79 Å². The first-order valence-corrected chi connectivity index (χ1v) is 8.33. The Bertz CT molecular complexity index is 762. The van der Waals surface area contributed by atoms with Crippen molar-refractivity contribution in [2.45, 2.75) is 9.79 Å². The van der Waals surface area contributed by atoms with Crippen LogP contribution in [0.15, 0.2) is 94.7 Å². The van der Waals surface area contributed by atoms with Gasteiger partial charge in [0.05, 0.1) is 16.4 Å². The lowest BCUT2D eigenvalue weighted by Gasteiger charge is -2.00. The monoisotopic (exact) mass is 339 g/mol. The molecular formula is C19H17NO3S. The van der Waals surface area contributed by atoms with E-state index in [1.165, 1.54) is 12.1 Å². The van der Waals surface area contributed by atoms with Crippen LogP contribution in [0.1, 0.15) is 10.4 Å². The summed E-state index contributed by atoms with van der Waals surface area (Å²) in [5.74, 6) is -0.931. The first-order chi connectivity index (χ1) is 11.6. The summed E-state index contributed by atoms with van der Waals surface area (Å²) < 4.78 is 12.0. The number of nitrogens with two attached hydrogens (primary N) is 1. The molecule has 0 bridgehead atoms. The SMILES string of the molecule is Nc1ccc(C(=O)O)cc1.O=S(c1ccccc1)c1ccccc1. The van der Waals surface area contributed by atoms with Gasteiger partial charge in [-0.05, 0) is 48.5 Å². The molecular weight excluding hydrogens is 322 g/mol. The van der Waals surface area contributed by atoms with Crippen molar-refractivity contribution in [3.05, 3.63) is 90.5 Å². The molecule has 3 rings (SSSR count). The lowest BCUT2D eigenvalue weighted by molar-refractivity contribution is 0.0697. The van der Waals surface area contributed by atoms with Crippen LogP contribution in [-0.2, 0) is 10.8 Å². The molecule has 0 saturated heterocycles. The lowest BCUT2D eigenvalue weighted by Crippen LogP contribution is -1.95. The Balaban J connectivity index is 0.000000185. The summed E-state index contributed by atoms with van der Waals surface area (Å²) in [7, 11) is -1.05. The third-order valence-corrected chi connectivity index (χ3v) is 4.47. The van der Waals surface area contributed by atoms with E-state index in [0.29, 0.717) is 5.69 Å². The zero-order valence-corrected chi connectivity index (χ0v) is 13.6. The number of carbonyl (C=O) groups is 1. The molecule has 0 saturated carbocycles. The van der Waals surface area contributed by atoms with Crippen LogP contribution in [-0.4, -0.2) is 15.3 Å². The number of aromatic carboxylic acids is 1. The van der Waals surface area contributed by atoms with Crippen LogP contribution >= 0.6 is 0 Å². The minimum absolute atomic E-state index is 0.259. The maximum atomic E-state index is 12.0. The number of carboxylic acid groups (broad SMARTS) is 1. The number of anilines is 1. The van der Waals surface area contributed by atoms with Crippen LogP contribution in [0.2, 0.25) is 0 Å². The molecule has 0 amide bonds. The largest absolute Gasteiger partial charge is 0.478 e. The zero-order chi connectivity index (χ0) is 17.4. The van der Waals surface area contributed by atoms with Crippen molar-refractivity contribution >= 4 is 22.5 Å². The molecule has 3 aromatic carbocycles. The van der Waals surface area contributed by atoms with Gasteiger partial charge in [0.25, 0.3) is 0 Å². The van der Waals surface area contributed by atoms with Gasteiger partial charge < -0.3 is 10.8 Å². The van der Waals surface area contributed by atoms with Crippen molar-refractivity contribution in [2.24, 2.45) is 0 Å². The van der Waals surface area contributed by atoms with Crippen LogP contribution in [0.5, 0.6) is 0 Å². The Morgan fingerprint density at radius 3 is 1.54 bits per heavy atom. The molecule has 4 nitrogen and oxygen atoms in total. The van der Waals surface area contributed by atoms with Crippen molar-refractivity contribution in [3.63, 3.8) is 0 Å². The Morgan fingerprint density at radius 2 is 1.17 bits per heavy atom. The van der Waals surface area contributed by atoms with E-state index in [4.69, 9.17) is 10.8 Å². The number of carboxylic acids is 1. The van der Waals surface area contributed by atoms with Gasteiger partial charge in [-0.3, -0.25) is 0 Å². The average Bonchev–Trinajstić information content (AvgIpc) is 2.63. The summed E-state index contributed by atoms with van der Waals surface area (Å²) in [6.45, 7) is 0. The predicted molar refractivity (Wildman–Crippen MR) is 95.4 cm³/mol. The Kier molecular flexibility index (Phi) is 6.28. The first kappa shape index (κ1) is 17.4. The summed E-state index contributed by atoms with van der Waals surface area (Å²) in [5, 5.41) is 8.43. The van der Waals surface area contributed by atoms with E-state index >= 15 is 0 Å². The van der Waals surface area contributed by atoms with E-state index in [9.17, 15) is 9.00 Å². The third-order valence-electron chi connectivity index (χ3n) is 3.07. The Morgan fingerprint density at radius 1 is 0.750 bits per heavy atom. The van der Waals surface area contributed by atoms with Crippen molar-refractivity contribution in [2.75, 3.05) is 5.73 Å². The second-order valence-corrected chi connectivity index (χ2v) is 6.30. The van der Waals surface area contributed by atoms with Crippen LogP contribution < -0.4 is 5.73 Å². The van der Waals surface area contributed by atoms with Crippen LogP contribution in [0.3, 0.4) is 0 Å².